The van der Waals surface area contributed by atoms with Crippen molar-refractivity contribution >= 4 is 42.0 Å². The summed E-state index contributed by atoms with van der Waals surface area (Å²) >= 11 is 0. The van der Waals surface area contributed by atoms with Gasteiger partial charge in [-0.05, 0) is 116 Å². The number of phenols is 1. The number of rotatable bonds is 8. The lowest BCUT2D eigenvalue weighted by Gasteiger charge is -2.44. The zero-order valence-electron chi connectivity index (χ0n) is 26.9. The lowest BCUT2D eigenvalue weighted by Crippen LogP contribution is -2.46. The topological polar surface area (TPSA) is 143 Å². The zero-order valence-corrected chi connectivity index (χ0v) is 26.9. The number of non-ortho nitro benzene ring substituents is 1. The van der Waals surface area contributed by atoms with Gasteiger partial charge in [-0.2, -0.15) is 0 Å². The van der Waals surface area contributed by atoms with Crippen molar-refractivity contribution in [2.24, 2.45) is 23.7 Å². The first kappa shape index (κ1) is 32.3. The highest BCUT2D eigenvalue weighted by Crippen LogP contribution is 2.52. The SMILES string of the molecule is Cc1cc(/C=C(/CC[C@H]2OB(O)C[C@H]3C2=C(C(C)C)C[C@H]2C(=O)N(c4cccc([N+](=O)[O-])c4)C(=O)[C@H]23)c2ccccn2)cc(C)c1O. The van der Waals surface area contributed by atoms with E-state index in [9.17, 15) is 29.8 Å². The fourth-order valence-corrected chi connectivity index (χ4v) is 7.64. The maximum Gasteiger partial charge on any atom is 0.455 e. The molecule has 4 atom stereocenters. The molecule has 2 amide bonds. The minimum atomic E-state index is -1.12. The van der Waals surface area contributed by atoms with Crippen LogP contribution in [0.2, 0.25) is 6.32 Å². The lowest BCUT2D eigenvalue weighted by atomic mass is 9.57. The van der Waals surface area contributed by atoms with Gasteiger partial charge in [0.2, 0.25) is 11.8 Å². The molecule has 6 rings (SSSR count). The van der Waals surface area contributed by atoms with Crippen molar-refractivity contribution in [2.45, 2.75) is 59.4 Å². The van der Waals surface area contributed by atoms with Crippen LogP contribution in [0.5, 0.6) is 5.75 Å². The second-order valence-electron chi connectivity index (χ2n) is 13.1. The van der Waals surface area contributed by atoms with Gasteiger partial charge in [-0.1, -0.05) is 31.6 Å². The number of hydrogen-bond acceptors (Lipinski definition) is 8. The van der Waals surface area contributed by atoms with Crippen LogP contribution in [-0.4, -0.2) is 45.1 Å². The van der Waals surface area contributed by atoms with E-state index in [-0.39, 0.29) is 35.3 Å². The second kappa shape index (κ2) is 12.9. The molecular weight excluding hydrogens is 597 g/mol. The molecule has 0 radical (unpaired) electrons. The number of nitrogens with zero attached hydrogens (tertiary/aromatic N) is 3. The summed E-state index contributed by atoms with van der Waals surface area (Å²) in [6.45, 7) is 7.86. The Bertz CT molecular complexity index is 1780. The third-order valence-electron chi connectivity index (χ3n) is 9.76. The van der Waals surface area contributed by atoms with Crippen molar-refractivity contribution in [2.75, 3.05) is 4.90 Å². The largest absolute Gasteiger partial charge is 0.507 e. The quantitative estimate of drug-likeness (QED) is 0.0967. The monoisotopic (exact) mass is 635 g/mol. The van der Waals surface area contributed by atoms with Crippen molar-refractivity contribution in [3.05, 3.63) is 104 Å². The summed E-state index contributed by atoms with van der Waals surface area (Å²) in [5.74, 6) is -2.16. The molecule has 1 aliphatic carbocycles. The van der Waals surface area contributed by atoms with Crippen LogP contribution in [0.3, 0.4) is 0 Å². The number of carbonyl (C=O) groups excluding carboxylic acids is 2. The minimum Gasteiger partial charge on any atom is -0.507 e. The number of benzene rings is 2. The van der Waals surface area contributed by atoms with Gasteiger partial charge in [-0.25, -0.2) is 4.90 Å². The van der Waals surface area contributed by atoms with Crippen LogP contribution in [0.4, 0.5) is 11.4 Å². The molecule has 0 bridgehead atoms. The first-order valence-electron chi connectivity index (χ1n) is 16.0. The predicted molar refractivity (Wildman–Crippen MR) is 179 cm³/mol. The van der Waals surface area contributed by atoms with E-state index in [4.69, 9.17) is 4.65 Å². The predicted octanol–water partition coefficient (Wildman–Crippen LogP) is 6.29. The summed E-state index contributed by atoms with van der Waals surface area (Å²) in [4.78, 5) is 44.5. The average Bonchev–Trinajstić information content (AvgIpc) is 3.30. The highest BCUT2D eigenvalue weighted by atomic mass is 16.6. The number of anilines is 1. The Morgan fingerprint density at radius 3 is 2.51 bits per heavy atom. The second-order valence-corrected chi connectivity index (χ2v) is 13.1. The number of imide groups is 1. The lowest BCUT2D eigenvalue weighted by molar-refractivity contribution is -0.384. The molecule has 3 heterocycles. The molecule has 242 valence electrons. The summed E-state index contributed by atoms with van der Waals surface area (Å²) in [7, 11) is -1.12. The van der Waals surface area contributed by atoms with E-state index < -0.39 is 41.8 Å². The standard InChI is InChI=1S/C36H38BN3O7/c1-20(2)27-18-28-33(36(43)39(35(28)42)25-8-7-9-26(17-25)40(45)46)29-19-37(44)47-31(32(27)29)12-11-24(30-10-5-6-13-38-30)16-23-14-21(3)34(41)22(4)15-23/h5-10,13-17,20,28-29,31,33,41,44H,11-12,18-19H2,1-4H3/b24-16-/t28-,29+,31-,33-/m1/s1. The van der Waals surface area contributed by atoms with Gasteiger partial charge in [0.15, 0.2) is 0 Å². The first-order chi connectivity index (χ1) is 22.4. The number of fused-ring (bicyclic) bond motifs is 3. The molecule has 0 unspecified atom stereocenters. The molecule has 1 aromatic heterocycles. The maximum absolute atomic E-state index is 14.1. The van der Waals surface area contributed by atoms with Gasteiger partial charge in [-0.3, -0.25) is 24.7 Å². The van der Waals surface area contributed by atoms with Crippen molar-refractivity contribution in [1.29, 1.82) is 0 Å². The summed E-state index contributed by atoms with van der Waals surface area (Å²) in [5, 5.41) is 32.8. The van der Waals surface area contributed by atoms with Crippen LogP contribution in [0.1, 0.15) is 55.5 Å². The van der Waals surface area contributed by atoms with E-state index >= 15 is 0 Å². The van der Waals surface area contributed by atoms with Gasteiger partial charge in [-0.15, -0.1) is 0 Å². The number of amides is 2. The van der Waals surface area contributed by atoms with Crippen LogP contribution >= 0.6 is 0 Å². The molecule has 11 heteroatoms. The molecule has 2 N–H and O–H groups in total. The van der Waals surface area contributed by atoms with E-state index in [1.54, 1.807) is 12.3 Å². The van der Waals surface area contributed by atoms with E-state index in [1.807, 2.05) is 44.2 Å². The number of aryl methyl sites for hydroxylation is 2. The summed E-state index contributed by atoms with van der Waals surface area (Å²) in [6.07, 6.45) is 4.93. The molecule has 0 spiro atoms. The van der Waals surface area contributed by atoms with Crippen LogP contribution in [0.15, 0.2) is 71.9 Å². The Kier molecular flexibility index (Phi) is 8.87. The summed E-state index contributed by atoms with van der Waals surface area (Å²) in [5.41, 5.74) is 6.26. The Morgan fingerprint density at radius 2 is 1.85 bits per heavy atom. The molecule has 2 aliphatic heterocycles. The highest BCUT2D eigenvalue weighted by Gasteiger charge is 2.58. The number of carbonyl (C=O) groups is 2. The van der Waals surface area contributed by atoms with E-state index in [0.717, 1.165) is 44.0 Å². The van der Waals surface area contributed by atoms with Gasteiger partial charge < -0.3 is 14.8 Å². The molecular formula is C36H38BN3O7. The number of allylic oxidation sites excluding steroid dienone is 2. The first-order valence-corrected chi connectivity index (χ1v) is 16.0. The van der Waals surface area contributed by atoms with E-state index in [2.05, 4.69) is 24.9 Å². The molecule has 3 aliphatic rings. The molecule has 47 heavy (non-hydrogen) atoms. The van der Waals surface area contributed by atoms with Crippen LogP contribution < -0.4 is 4.90 Å². The average molecular weight is 636 g/mol. The number of phenolic OH excluding ortho intramolecular Hbond substituents is 1. The number of aromatic nitrogens is 1. The highest BCUT2D eigenvalue weighted by molar-refractivity contribution is 6.43. The smallest absolute Gasteiger partial charge is 0.455 e. The Balaban J connectivity index is 1.34. The fraction of sp³-hybridized carbons (Fsp3) is 0.361. The Hall–Kier alpha value is -4.61. The number of pyridine rings is 1. The summed E-state index contributed by atoms with van der Waals surface area (Å²) < 4.78 is 6.22. The number of hydrogen-bond donors (Lipinski definition) is 2. The third kappa shape index (κ3) is 6.13. The van der Waals surface area contributed by atoms with Gasteiger partial charge in [0.25, 0.3) is 5.69 Å². The van der Waals surface area contributed by atoms with E-state index in [0.29, 0.717) is 19.3 Å². The normalized spacial score (nSPS) is 23.0. The van der Waals surface area contributed by atoms with Crippen LogP contribution in [0, 0.1) is 47.6 Å². The third-order valence-corrected chi connectivity index (χ3v) is 9.76. The number of nitro benzene ring substituents is 1. The van der Waals surface area contributed by atoms with Crippen LogP contribution in [0.25, 0.3) is 11.6 Å². The Morgan fingerprint density at radius 1 is 1.11 bits per heavy atom. The van der Waals surface area contributed by atoms with E-state index in [1.165, 1.54) is 18.2 Å². The maximum atomic E-state index is 14.1. The van der Waals surface area contributed by atoms with Crippen molar-refractivity contribution in [3.8, 4) is 5.75 Å². The molecule has 10 nitrogen and oxygen atoms in total. The molecule has 3 aromatic rings. The van der Waals surface area contributed by atoms with Crippen LogP contribution in [-0.2, 0) is 14.2 Å². The molecule has 2 saturated heterocycles. The molecule has 2 fully saturated rings. The number of aromatic hydroxyl groups is 1. The van der Waals surface area contributed by atoms with Crippen molar-refractivity contribution in [1.82, 2.24) is 4.98 Å². The fourth-order valence-electron chi connectivity index (χ4n) is 7.64. The van der Waals surface area contributed by atoms with Gasteiger partial charge in [0.1, 0.15) is 5.75 Å². The van der Waals surface area contributed by atoms with Gasteiger partial charge >= 0.3 is 7.12 Å². The molecule has 2 aromatic carbocycles. The minimum absolute atomic E-state index is 0.0679. The molecule has 0 saturated carbocycles. The van der Waals surface area contributed by atoms with Crippen molar-refractivity contribution in [3.63, 3.8) is 0 Å². The number of nitro groups is 1. The zero-order chi connectivity index (χ0) is 33.6. The summed E-state index contributed by atoms with van der Waals surface area (Å²) in [6, 6.07) is 15.2. The van der Waals surface area contributed by atoms with Gasteiger partial charge in [0.05, 0.1) is 34.2 Å². The van der Waals surface area contributed by atoms with Crippen molar-refractivity contribution < 1.29 is 29.3 Å². The van der Waals surface area contributed by atoms with Gasteiger partial charge in [0, 0.05) is 18.3 Å². The Labute approximate surface area is 274 Å².